The molecule has 0 amide bonds. The topological polar surface area (TPSA) is 6.48 Å². The van der Waals surface area contributed by atoms with Gasteiger partial charge in [-0.15, -0.1) is 0 Å². The summed E-state index contributed by atoms with van der Waals surface area (Å²) < 4.78 is 0. The summed E-state index contributed by atoms with van der Waals surface area (Å²) in [5.74, 6) is 0. The Labute approximate surface area is 312 Å². The first-order chi connectivity index (χ1) is 26.2. The van der Waals surface area contributed by atoms with Gasteiger partial charge in [0.15, 0.2) is 0 Å². The molecule has 2 aliphatic heterocycles. The SMILES string of the molecule is CC=C(c1ccccc1CC)c1c2cc(N3CCc4ccccc43)ccc2c(-c2cccc3ccccc23)c2cc(N3CCc4ccccc43)ccc12. The molecule has 0 atom stereocenters. The Morgan fingerprint density at radius 1 is 0.547 bits per heavy atom. The molecule has 0 aromatic heterocycles. The molecule has 2 heterocycles. The molecule has 2 nitrogen and oxygen atoms in total. The van der Waals surface area contributed by atoms with Gasteiger partial charge in [-0.1, -0.05) is 128 Å². The number of anilines is 4. The maximum atomic E-state index is 2.52. The van der Waals surface area contributed by atoms with Crippen LogP contribution in [0.5, 0.6) is 0 Å². The lowest BCUT2D eigenvalue weighted by Crippen LogP contribution is -2.13. The number of hydrogen-bond acceptors (Lipinski definition) is 2. The average Bonchev–Trinajstić information content (AvgIpc) is 3.86. The van der Waals surface area contributed by atoms with Gasteiger partial charge in [-0.2, -0.15) is 0 Å². The van der Waals surface area contributed by atoms with Crippen LogP contribution in [0.15, 0.2) is 158 Å². The summed E-state index contributed by atoms with van der Waals surface area (Å²) in [6.07, 6.45) is 5.45. The van der Waals surface area contributed by atoms with Crippen LogP contribution in [0.2, 0.25) is 0 Å². The van der Waals surface area contributed by atoms with Gasteiger partial charge in [0.2, 0.25) is 0 Å². The van der Waals surface area contributed by atoms with Gasteiger partial charge in [-0.3, -0.25) is 0 Å². The second kappa shape index (κ2) is 12.8. The molecule has 0 spiro atoms. The Bertz CT molecular complexity index is 2750. The van der Waals surface area contributed by atoms with E-state index in [2.05, 4.69) is 181 Å². The van der Waals surface area contributed by atoms with Crippen LogP contribution in [0.4, 0.5) is 22.7 Å². The molecule has 53 heavy (non-hydrogen) atoms. The number of aryl methyl sites for hydroxylation is 1. The fraction of sp³-hybridized carbons (Fsp3) is 0.137. The molecule has 2 heteroatoms. The van der Waals surface area contributed by atoms with E-state index in [1.165, 1.54) is 99.6 Å². The maximum Gasteiger partial charge on any atom is 0.0444 e. The first-order valence-corrected chi connectivity index (χ1v) is 19.2. The molecule has 0 fully saturated rings. The van der Waals surface area contributed by atoms with Gasteiger partial charge in [-0.05, 0) is 139 Å². The summed E-state index contributed by atoms with van der Waals surface area (Å²) in [5.41, 5.74) is 15.8. The second-order valence-corrected chi connectivity index (χ2v) is 14.5. The highest BCUT2D eigenvalue weighted by Crippen LogP contribution is 2.49. The first kappa shape index (κ1) is 31.6. The van der Waals surface area contributed by atoms with E-state index in [1.807, 2.05) is 0 Å². The molecule has 0 saturated carbocycles. The van der Waals surface area contributed by atoms with Crippen LogP contribution in [0.1, 0.15) is 41.7 Å². The lowest BCUT2D eigenvalue weighted by Gasteiger charge is -2.26. The maximum absolute atomic E-state index is 2.52. The number of nitrogens with zero attached hydrogens (tertiary/aromatic N) is 2. The van der Waals surface area contributed by atoms with E-state index in [4.69, 9.17) is 0 Å². The van der Waals surface area contributed by atoms with Crippen molar-refractivity contribution in [3.8, 4) is 11.1 Å². The van der Waals surface area contributed by atoms with Crippen LogP contribution in [0.25, 0.3) is 49.0 Å². The van der Waals surface area contributed by atoms with Gasteiger partial charge >= 0.3 is 0 Å². The molecular formula is C51H42N2. The molecule has 0 aliphatic carbocycles. The van der Waals surface area contributed by atoms with Gasteiger partial charge in [0.05, 0.1) is 0 Å². The summed E-state index contributed by atoms with van der Waals surface area (Å²) in [6, 6.07) is 57.0. The number of fused-ring (bicyclic) bond motifs is 5. The minimum absolute atomic E-state index is 0.978. The molecule has 0 bridgehead atoms. The van der Waals surface area contributed by atoms with Crippen molar-refractivity contribution in [2.75, 3.05) is 22.9 Å². The third kappa shape index (κ3) is 5.08. The molecular weight excluding hydrogens is 641 g/mol. The number of benzene rings is 8. The molecule has 0 radical (unpaired) electrons. The fourth-order valence-corrected chi connectivity index (χ4v) is 9.30. The summed E-state index contributed by atoms with van der Waals surface area (Å²) in [6.45, 7) is 6.46. The highest BCUT2D eigenvalue weighted by molar-refractivity contribution is 6.23. The van der Waals surface area contributed by atoms with E-state index in [1.54, 1.807) is 0 Å². The summed E-state index contributed by atoms with van der Waals surface area (Å²) in [5, 5.41) is 7.69. The van der Waals surface area contributed by atoms with Crippen molar-refractivity contribution >= 4 is 60.6 Å². The normalized spacial score (nSPS) is 14.0. The van der Waals surface area contributed by atoms with Gasteiger partial charge < -0.3 is 9.80 Å². The monoisotopic (exact) mass is 682 g/mol. The largest absolute Gasteiger partial charge is 0.341 e. The van der Waals surface area contributed by atoms with E-state index in [-0.39, 0.29) is 0 Å². The lowest BCUT2D eigenvalue weighted by atomic mass is 9.81. The molecule has 10 rings (SSSR count). The van der Waals surface area contributed by atoms with Crippen molar-refractivity contribution in [3.63, 3.8) is 0 Å². The fourth-order valence-electron chi connectivity index (χ4n) is 9.30. The summed E-state index contributed by atoms with van der Waals surface area (Å²) in [4.78, 5) is 5.03. The highest BCUT2D eigenvalue weighted by atomic mass is 15.2. The Hall–Kier alpha value is -6.12. The highest BCUT2D eigenvalue weighted by Gasteiger charge is 2.26. The average molecular weight is 683 g/mol. The van der Waals surface area contributed by atoms with Crippen LogP contribution in [-0.4, -0.2) is 13.1 Å². The predicted octanol–water partition coefficient (Wildman–Crippen LogP) is 13.2. The smallest absolute Gasteiger partial charge is 0.0444 e. The molecule has 0 saturated heterocycles. The van der Waals surface area contributed by atoms with E-state index in [9.17, 15) is 0 Å². The predicted molar refractivity (Wildman–Crippen MR) is 227 cm³/mol. The van der Waals surface area contributed by atoms with Crippen LogP contribution in [0.3, 0.4) is 0 Å². The molecule has 8 aromatic rings. The van der Waals surface area contributed by atoms with Crippen molar-refractivity contribution < 1.29 is 0 Å². The van der Waals surface area contributed by atoms with Crippen molar-refractivity contribution in [2.45, 2.75) is 33.1 Å². The molecule has 0 N–H and O–H groups in total. The van der Waals surface area contributed by atoms with Crippen molar-refractivity contribution in [1.29, 1.82) is 0 Å². The van der Waals surface area contributed by atoms with E-state index < -0.39 is 0 Å². The van der Waals surface area contributed by atoms with Gasteiger partial charge in [-0.25, -0.2) is 0 Å². The van der Waals surface area contributed by atoms with Crippen LogP contribution in [-0.2, 0) is 19.3 Å². The standard InChI is InChI=1S/C51H42N2/c1-3-34-14-5-9-19-41(34)40(4-2)50-44-26-24-39(53-31-29-37-17-8-12-23-49(37)53)33-47(44)51(43-21-13-18-35-15-6-10-20-42(35)43)45-27-25-38(32-46(45)50)52-30-28-36-16-7-11-22-48(36)52/h4-27,32-33H,3,28-31H2,1-2H3. The van der Waals surface area contributed by atoms with Crippen LogP contribution >= 0.6 is 0 Å². The lowest BCUT2D eigenvalue weighted by molar-refractivity contribution is 0.999. The molecule has 2 aliphatic rings. The minimum atomic E-state index is 0.978. The van der Waals surface area contributed by atoms with Gasteiger partial charge in [0.1, 0.15) is 0 Å². The number of hydrogen-bond donors (Lipinski definition) is 0. The Morgan fingerprint density at radius 2 is 1.15 bits per heavy atom. The zero-order valence-electron chi connectivity index (χ0n) is 30.4. The molecule has 256 valence electrons. The quantitative estimate of drug-likeness (QED) is 0.161. The Morgan fingerprint density at radius 3 is 1.87 bits per heavy atom. The minimum Gasteiger partial charge on any atom is -0.341 e. The summed E-state index contributed by atoms with van der Waals surface area (Å²) in [7, 11) is 0. The molecule has 0 unspecified atom stereocenters. The number of rotatable bonds is 6. The van der Waals surface area contributed by atoms with Crippen molar-refractivity contribution in [1.82, 2.24) is 0 Å². The van der Waals surface area contributed by atoms with E-state index in [0.29, 0.717) is 0 Å². The number of allylic oxidation sites excluding steroid dienone is 1. The first-order valence-electron chi connectivity index (χ1n) is 19.2. The second-order valence-electron chi connectivity index (χ2n) is 14.5. The van der Waals surface area contributed by atoms with Crippen molar-refractivity contribution in [2.24, 2.45) is 0 Å². The van der Waals surface area contributed by atoms with Crippen molar-refractivity contribution in [3.05, 3.63) is 186 Å². The van der Waals surface area contributed by atoms with E-state index >= 15 is 0 Å². The van der Waals surface area contributed by atoms with Crippen LogP contribution < -0.4 is 9.80 Å². The third-order valence-electron chi connectivity index (χ3n) is 11.8. The van der Waals surface area contributed by atoms with Crippen LogP contribution in [0, 0.1) is 0 Å². The summed E-state index contributed by atoms with van der Waals surface area (Å²) >= 11 is 0. The third-order valence-corrected chi connectivity index (χ3v) is 11.8. The van der Waals surface area contributed by atoms with Gasteiger partial charge in [0, 0.05) is 35.8 Å². The Kier molecular flexibility index (Phi) is 7.65. The zero-order valence-corrected chi connectivity index (χ0v) is 30.4. The number of para-hydroxylation sites is 2. The van der Waals surface area contributed by atoms with E-state index in [0.717, 1.165) is 32.4 Å². The van der Waals surface area contributed by atoms with Gasteiger partial charge in [0.25, 0.3) is 0 Å². The molecule has 8 aromatic carbocycles. The zero-order chi connectivity index (χ0) is 35.5. The Balaban J connectivity index is 1.33.